The van der Waals surface area contributed by atoms with Gasteiger partial charge in [-0.3, -0.25) is 0 Å². The maximum Gasteiger partial charge on any atom is 0.240 e. The Morgan fingerprint density at radius 1 is 1.31 bits per heavy atom. The van der Waals surface area contributed by atoms with Gasteiger partial charge in [-0.05, 0) is 12.1 Å². The Balaban J connectivity index is 3.45. The Kier molecular flexibility index (Phi) is 2.57. The highest BCUT2D eigenvalue weighted by atomic mass is 32.2. The second kappa shape index (κ2) is 3.49. The molecule has 1 rings (SSSR count). The lowest BCUT2D eigenvalue weighted by Gasteiger charge is -1.99. The molecule has 5 nitrogen and oxygen atoms in total. The molecule has 0 aromatic heterocycles. The first-order valence-electron chi connectivity index (χ1n) is 3.25. The largest absolute Gasteiger partial charge is 0.240 e. The molecule has 0 saturated heterocycles. The Bertz CT molecular complexity index is 460. The quantitative estimate of drug-likeness (QED) is 0.547. The fourth-order valence-corrected chi connectivity index (χ4v) is 1.51. The van der Waals surface area contributed by atoms with E-state index in [2.05, 4.69) is 4.99 Å². The van der Waals surface area contributed by atoms with E-state index in [1.165, 1.54) is 24.3 Å². The highest BCUT2D eigenvalue weighted by molar-refractivity contribution is 7.89. The maximum absolute atomic E-state index is 10.9. The molecule has 0 saturated carbocycles. The van der Waals surface area contributed by atoms with E-state index in [1.807, 2.05) is 0 Å². The lowest BCUT2D eigenvalue weighted by Crippen LogP contribution is -2.12. The molecule has 0 heterocycles. The molecule has 0 bridgehead atoms. The molecule has 1 aromatic rings. The van der Waals surface area contributed by atoms with Crippen LogP contribution in [0.2, 0.25) is 0 Å². The molecule has 0 amide bonds. The monoisotopic (exact) mass is 198 g/mol. The van der Waals surface area contributed by atoms with Gasteiger partial charge in [0, 0.05) is 0 Å². The van der Waals surface area contributed by atoms with E-state index in [1.54, 1.807) is 6.07 Å². The van der Waals surface area contributed by atoms with Crippen molar-refractivity contribution in [3.05, 3.63) is 24.3 Å². The second-order valence-corrected chi connectivity index (χ2v) is 3.75. The lowest BCUT2D eigenvalue weighted by molar-refractivity contribution is 0.565. The van der Waals surface area contributed by atoms with Crippen LogP contribution in [0.25, 0.3) is 0 Å². The average Bonchev–Trinajstić information content (AvgIpc) is 2.04. The summed E-state index contributed by atoms with van der Waals surface area (Å²) in [5, 5.41) is 4.87. The number of nitrogens with two attached hydrogens (primary N) is 1. The van der Waals surface area contributed by atoms with Gasteiger partial charge >= 0.3 is 0 Å². The number of rotatable bonds is 2. The molecule has 0 aliphatic heterocycles. The summed E-state index contributed by atoms with van der Waals surface area (Å²) in [6.07, 6.45) is 1.25. The zero-order valence-corrected chi connectivity index (χ0v) is 7.28. The highest BCUT2D eigenvalue weighted by Crippen LogP contribution is 2.21. The number of carbonyl (C=O) groups excluding carboxylic acids is 1. The van der Waals surface area contributed by atoms with Crippen LogP contribution in [0.1, 0.15) is 0 Å². The van der Waals surface area contributed by atoms with Crippen molar-refractivity contribution < 1.29 is 13.2 Å². The summed E-state index contributed by atoms with van der Waals surface area (Å²) in [5.74, 6) is 0. The SMILES string of the molecule is NS(=O)(=O)c1ccccc1N=C=O. The lowest BCUT2D eigenvalue weighted by atomic mass is 10.3. The fraction of sp³-hybridized carbons (Fsp3) is 0. The van der Waals surface area contributed by atoms with Crippen molar-refractivity contribution in [3.63, 3.8) is 0 Å². The van der Waals surface area contributed by atoms with E-state index in [0.717, 1.165) is 0 Å². The molecule has 68 valence electrons. The summed E-state index contributed by atoms with van der Waals surface area (Å²) in [6, 6.07) is 5.67. The normalized spacial score (nSPS) is 10.5. The number of benzene rings is 1. The summed E-state index contributed by atoms with van der Waals surface area (Å²) in [6.45, 7) is 0. The molecule has 0 fully saturated rings. The molecule has 0 aliphatic rings. The molecule has 0 radical (unpaired) electrons. The van der Waals surface area contributed by atoms with Crippen LogP contribution in [0.15, 0.2) is 34.2 Å². The van der Waals surface area contributed by atoms with Crippen LogP contribution >= 0.6 is 0 Å². The maximum atomic E-state index is 10.9. The summed E-state index contributed by atoms with van der Waals surface area (Å²) < 4.78 is 21.8. The van der Waals surface area contributed by atoms with Gasteiger partial charge in [0.1, 0.15) is 4.90 Å². The summed E-state index contributed by atoms with van der Waals surface area (Å²) in [7, 11) is -3.83. The van der Waals surface area contributed by atoms with Crippen LogP contribution in [-0.4, -0.2) is 14.5 Å². The zero-order chi connectivity index (χ0) is 9.90. The van der Waals surface area contributed by atoms with E-state index in [-0.39, 0.29) is 10.6 Å². The fourth-order valence-electron chi connectivity index (χ4n) is 0.839. The Morgan fingerprint density at radius 3 is 2.46 bits per heavy atom. The Labute approximate surface area is 75.0 Å². The minimum atomic E-state index is -3.83. The molecule has 1 aromatic carbocycles. The van der Waals surface area contributed by atoms with Gasteiger partial charge in [0.05, 0.1) is 5.69 Å². The highest BCUT2D eigenvalue weighted by Gasteiger charge is 2.11. The number of aliphatic imine (C=N–C) groups is 1. The molecule has 13 heavy (non-hydrogen) atoms. The molecule has 0 aliphatic carbocycles. The predicted octanol–water partition coefficient (Wildman–Crippen LogP) is 0.301. The van der Waals surface area contributed by atoms with Gasteiger partial charge < -0.3 is 0 Å². The van der Waals surface area contributed by atoms with Crippen molar-refractivity contribution in [1.29, 1.82) is 0 Å². The first-order valence-corrected chi connectivity index (χ1v) is 4.80. The van der Waals surface area contributed by atoms with Gasteiger partial charge in [-0.15, -0.1) is 0 Å². The van der Waals surface area contributed by atoms with Gasteiger partial charge in [0.25, 0.3) is 0 Å². The summed E-state index contributed by atoms with van der Waals surface area (Å²) in [4.78, 5) is 13.0. The number of para-hydroxylation sites is 1. The first-order chi connectivity index (χ1) is 6.05. The van der Waals surface area contributed by atoms with Gasteiger partial charge in [-0.2, -0.15) is 4.99 Å². The smallest absolute Gasteiger partial charge is 0.225 e. The zero-order valence-electron chi connectivity index (χ0n) is 6.47. The van der Waals surface area contributed by atoms with Crippen LogP contribution in [0.5, 0.6) is 0 Å². The van der Waals surface area contributed by atoms with Crippen LogP contribution in [-0.2, 0) is 14.8 Å². The average molecular weight is 198 g/mol. The molecule has 0 spiro atoms. The number of nitrogens with zero attached hydrogens (tertiary/aromatic N) is 1. The van der Waals surface area contributed by atoms with E-state index in [0.29, 0.717) is 0 Å². The molecule has 6 heteroatoms. The topological polar surface area (TPSA) is 89.6 Å². The van der Waals surface area contributed by atoms with Gasteiger partial charge in [0.15, 0.2) is 0 Å². The second-order valence-electron chi connectivity index (χ2n) is 2.22. The molecule has 0 atom stereocenters. The Morgan fingerprint density at radius 2 is 1.92 bits per heavy atom. The van der Waals surface area contributed by atoms with Crippen molar-refractivity contribution in [2.24, 2.45) is 10.1 Å². The third kappa shape index (κ3) is 2.22. The summed E-state index contributed by atoms with van der Waals surface area (Å²) in [5.41, 5.74) is 0.000000000000000444. The third-order valence-electron chi connectivity index (χ3n) is 1.34. The van der Waals surface area contributed by atoms with Gasteiger partial charge in [-0.25, -0.2) is 18.4 Å². The third-order valence-corrected chi connectivity index (χ3v) is 2.30. The molecular formula is C7H6N2O3S. The van der Waals surface area contributed by atoms with Gasteiger partial charge in [0.2, 0.25) is 16.1 Å². The Hall–Kier alpha value is -1.49. The van der Waals surface area contributed by atoms with Crippen LogP contribution in [0, 0.1) is 0 Å². The van der Waals surface area contributed by atoms with Crippen molar-refractivity contribution >= 4 is 21.8 Å². The van der Waals surface area contributed by atoms with Crippen molar-refractivity contribution in [2.75, 3.05) is 0 Å². The standard InChI is InChI=1S/C7H6N2O3S/c8-13(11,12)7-4-2-1-3-6(7)9-5-10/h1-4H,(H2,8,11,12). The molecule has 2 N–H and O–H groups in total. The number of primary sulfonamides is 1. The van der Waals surface area contributed by atoms with Crippen molar-refractivity contribution in [2.45, 2.75) is 4.90 Å². The van der Waals surface area contributed by atoms with Crippen molar-refractivity contribution in [1.82, 2.24) is 0 Å². The number of sulfonamides is 1. The van der Waals surface area contributed by atoms with Crippen LogP contribution in [0.4, 0.5) is 5.69 Å². The number of isocyanates is 1. The van der Waals surface area contributed by atoms with E-state index >= 15 is 0 Å². The number of hydrogen-bond donors (Lipinski definition) is 1. The predicted molar refractivity (Wildman–Crippen MR) is 45.6 cm³/mol. The molecular weight excluding hydrogens is 192 g/mol. The van der Waals surface area contributed by atoms with E-state index < -0.39 is 10.0 Å². The number of hydrogen-bond acceptors (Lipinski definition) is 4. The summed E-state index contributed by atoms with van der Waals surface area (Å²) >= 11 is 0. The van der Waals surface area contributed by atoms with E-state index in [4.69, 9.17) is 5.14 Å². The van der Waals surface area contributed by atoms with Crippen LogP contribution in [0.3, 0.4) is 0 Å². The van der Waals surface area contributed by atoms with Gasteiger partial charge in [-0.1, -0.05) is 12.1 Å². The van der Waals surface area contributed by atoms with E-state index in [9.17, 15) is 13.2 Å². The molecule has 0 unspecified atom stereocenters. The minimum absolute atomic E-state index is 0.000000000000000444. The van der Waals surface area contributed by atoms with Crippen LogP contribution < -0.4 is 5.14 Å². The minimum Gasteiger partial charge on any atom is -0.225 e. The first kappa shape index (κ1) is 9.60. The van der Waals surface area contributed by atoms with Crippen molar-refractivity contribution in [3.8, 4) is 0 Å².